The quantitative estimate of drug-likeness (QED) is 0.569. The number of carbonyl (C=O) groups excluding carboxylic acids is 2. The van der Waals surface area contributed by atoms with Crippen LogP contribution in [0.15, 0.2) is 72.8 Å². The number of benzene rings is 3. The van der Waals surface area contributed by atoms with Gasteiger partial charge in [-0.3, -0.25) is 20.4 Å². The lowest BCUT2D eigenvalue weighted by Crippen LogP contribution is -2.35. The number of halogens is 1. The molecule has 4 rings (SSSR count). The van der Waals surface area contributed by atoms with Crippen molar-refractivity contribution in [3.8, 4) is 5.75 Å². The van der Waals surface area contributed by atoms with Crippen molar-refractivity contribution in [3.05, 3.63) is 106 Å². The molecule has 0 saturated carbocycles. The van der Waals surface area contributed by atoms with Crippen LogP contribution in [0.5, 0.6) is 5.75 Å². The number of hydrazine groups is 1. The highest BCUT2D eigenvalue weighted by molar-refractivity contribution is 6.31. The Kier molecular flexibility index (Phi) is 5.55. The largest absolute Gasteiger partial charge is 0.489 e. The number of hydrogen-bond donors (Lipinski definition) is 2. The fraction of sp³-hybridized carbons (Fsp3) is 0.0833. The first kappa shape index (κ1) is 19.7. The number of ketones is 1. The van der Waals surface area contributed by atoms with Crippen LogP contribution in [-0.4, -0.2) is 11.7 Å². The predicted molar refractivity (Wildman–Crippen MR) is 116 cm³/mol. The number of aryl methyl sites for hydroxylation is 1. The molecule has 3 aromatic carbocycles. The van der Waals surface area contributed by atoms with Crippen LogP contribution in [0.1, 0.15) is 37.4 Å². The maximum absolute atomic E-state index is 12.4. The maximum atomic E-state index is 12.4. The van der Waals surface area contributed by atoms with Crippen molar-refractivity contribution in [1.82, 2.24) is 10.9 Å². The molecule has 0 spiro atoms. The van der Waals surface area contributed by atoms with E-state index >= 15 is 0 Å². The van der Waals surface area contributed by atoms with Crippen molar-refractivity contribution in [2.75, 3.05) is 0 Å². The number of fused-ring (bicyclic) bond motifs is 1. The topological polar surface area (TPSA) is 67.4 Å². The molecule has 6 heteroatoms. The average molecular weight is 419 g/mol. The van der Waals surface area contributed by atoms with E-state index in [4.69, 9.17) is 16.3 Å². The third kappa shape index (κ3) is 4.21. The molecule has 0 saturated heterocycles. The zero-order valence-electron chi connectivity index (χ0n) is 16.2. The van der Waals surface area contributed by atoms with E-state index in [1.54, 1.807) is 24.3 Å². The summed E-state index contributed by atoms with van der Waals surface area (Å²) < 4.78 is 5.78. The number of amides is 1. The molecule has 1 aliphatic rings. The van der Waals surface area contributed by atoms with Crippen LogP contribution in [-0.2, 0) is 6.61 Å². The monoisotopic (exact) mass is 418 g/mol. The number of carbonyl (C=O) groups is 2. The van der Waals surface area contributed by atoms with Crippen LogP contribution in [0.2, 0.25) is 5.02 Å². The van der Waals surface area contributed by atoms with Gasteiger partial charge >= 0.3 is 0 Å². The molecule has 0 atom stereocenters. The van der Waals surface area contributed by atoms with Gasteiger partial charge < -0.3 is 4.74 Å². The van der Waals surface area contributed by atoms with Gasteiger partial charge in [-0.2, -0.15) is 0 Å². The number of ether oxygens (including phenoxy) is 1. The molecular weight excluding hydrogens is 400 g/mol. The van der Waals surface area contributed by atoms with Crippen molar-refractivity contribution in [1.29, 1.82) is 0 Å². The SMILES string of the molecule is Cc1cc(OCc2ccc(C(=O)NNC3=CC(=O)c4ccccc43)cc2)ccc1Cl. The minimum absolute atomic E-state index is 0.0809. The molecule has 0 fully saturated rings. The van der Waals surface area contributed by atoms with E-state index in [2.05, 4.69) is 10.9 Å². The van der Waals surface area contributed by atoms with E-state index in [9.17, 15) is 9.59 Å². The van der Waals surface area contributed by atoms with Gasteiger partial charge in [0.1, 0.15) is 12.4 Å². The molecule has 2 N–H and O–H groups in total. The summed E-state index contributed by atoms with van der Waals surface area (Å²) in [4.78, 5) is 24.4. The number of nitrogens with one attached hydrogen (secondary N) is 2. The Morgan fingerprint density at radius 1 is 1.00 bits per heavy atom. The summed E-state index contributed by atoms with van der Waals surface area (Å²) in [5.41, 5.74) is 9.83. The maximum Gasteiger partial charge on any atom is 0.269 e. The van der Waals surface area contributed by atoms with Gasteiger partial charge in [0.25, 0.3) is 5.91 Å². The van der Waals surface area contributed by atoms with E-state index in [0.717, 1.165) is 22.4 Å². The van der Waals surface area contributed by atoms with Crippen LogP contribution < -0.4 is 15.6 Å². The number of hydrogen-bond acceptors (Lipinski definition) is 4. The summed E-state index contributed by atoms with van der Waals surface area (Å²) in [5, 5.41) is 0.701. The van der Waals surface area contributed by atoms with Gasteiger partial charge in [0.15, 0.2) is 5.78 Å². The van der Waals surface area contributed by atoms with E-state index < -0.39 is 0 Å². The minimum atomic E-state index is -0.298. The summed E-state index contributed by atoms with van der Waals surface area (Å²) in [6, 6.07) is 19.9. The van der Waals surface area contributed by atoms with Gasteiger partial charge in [-0.25, -0.2) is 0 Å². The molecule has 0 bridgehead atoms. The lowest BCUT2D eigenvalue weighted by molar-refractivity contribution is 0.0941. The molecule has 5 nitrogen and oxygen atoms in total. The Bertz CT molecular complexity index is 1150. The normalized spacial score (nSPS) is 12.2. The molecule has 0 radical (unpaired) electrons. The first-order chi connectivity index (χ1) is 14.5. The van der Waals surface area contributed by atoms with Gasteiger partial charge in [0, 0.05) is 27.8 Å². The third-order valence-corrected chi connectivity index (χ3v) is 5.24. The second-order valence-corrected chi connectivity index (χ2v) is 7.35. The summed E-state index contributed by atoms with van der Waals surface area (Å²) in [6.07, 6.45) is 1.48. The zero-order valence-corrected chi connectivity index (χ0v) is 17.0. The Morgan fingerprint density at radius 2 is 1.73 bits per heavy atom. The summed E-state index contributed by atoms with van der Waals surface area (Å²) in [5.74, 6) is 0.360. The molecular formula is C24H19ClN2O3. The van der Waals surface area contributed by atoms with E-state index in [-0.39, 0.29) is 11.7 Å². The van der Waals surface area contributed by atoms with E-state index in [1.807, 2.05) is 49.4 Å². The lowest BCUT2D eigenvalue weighted by Gasteiger charge is -2.11. The second-order valence-electron chi connectivity index (χ2n) is 6.94. The van der Waals surface area contributed by atoms with E-state index in [1.165, 1.54) is 6.08 Å². The molecule has 0 unspecified atom stereocenters. The Hall–Kier alpha value is -3.57. The Labute approximate surface area is 179 Å². The number of rotatable bonds is 6. The van der Waals surface area contributed by atoms with Crippen molar-refractivity contribution >= 4 is 29.0 Å². The molecule has 3 aromatic rings. The first-order valence-corrected chi connectivity index (χ1v) is 9.79. The molecule has 150 valence electrons. The van der Waals surface area contributed by atoms with Gasteiger partial charge in [-0.15, -0.1) is 0 Å². The van der Waals surface area contributed by atoms with Crippen LogP contribution in [0.3, 0.4) is 0 Å². The third-order valence-electron chi connectivity index (χ3n) is 4.82. The summed E-state index contributed by atoms with van der Waals surface area (Å²) in [6.45, 7) is 2.31. The van der Waals surface area contributed by atoms with Crippen LogP contribution >= 0.6 is 11.6 Å². The lowest BCUT2D eigenvalue weighted by atomic mass is 10.1. The minimum Gasteiger partial charge on any atom is -0.489 e. The number of allylic oxidation sites excluding steroid dienone is 1. The molecule has 0 aliphatic heterocycles. The molecule has 1 amide bonds. The predicted octanol–water partition coefficient (Wildman–Crippen LogP) is 4.70. The zero-order chi connectivity index (χ0) is 21.1. The van der Waals surface area contributed by atoms with Crippen LogP contribution in [0.25, 0.3) is 5.70 Å². The standard InChI is InChI=1S/C24H19ClN2O3/c1-15-12-18(10-11-21(15)25)30-14-16-6-8-17(9-7-16)24(29)27-26-22-13-23(28)20-5-3-2-4-19(20)22/h2-13,26H,14H2,1H3,(H,27,29). The Morgan fingerprint density at radius 3 is 2.47 bits per heavy atom. The fourth-order valence-corrected chi connectivity index (χ4v) is 3.26. The van der Waals surface area contributed by atoms with Crippen LogP contribution in [0.4, 0.5) is 0 Å². The fourth-order valence-electron chi connectivity index (χ4n) is 3.15. The Balaban J connectivity index is 1.34. The van der Waals surface area contributed by atoms with Crippen molar-refractivity contribution in [3.63, 3.8) is 0 Å². The van der Waals surface area contributed by atoms with Gasteiger partial charge in [0.05, 0.1) is 5.70 Å². The molecule has 0 aromatic heterocycles. The van der Waals surface area contributed by atoms with E-state index in [0.29, 0.717) is 28.5 Å². The smallest absolute Gasteiger partial charge is 0.269 e. The highest BCUT2D eigenvalue weighted by Gasteiger charge is 2.20. The highest BCUT2D eigenvalue weighted by Crippen LogP contribution is 2.24. The first-order valence-electron chi connectivity index (χ1n) is 9.41. The highest BCUT2D eigenvalue weighted by atomic mass is 35.5. The van der Waals surface area contributed by atoms with Gasteiger partial charge in [0.2, 0.25) is 0 Å². The van der Waals surface area contributed by atoms with Crippen molar-refractivity contribution < 1.29 is 14.3 Å². The van der Waals surface area contributed by atoms with Gasteiger partial charge in [-0.05, 0) is 48.4 Å². The van der Waals surface area contributed by atoms with Gasteiger partial charge in [-0.1, -0.05) is 48.0 Å². The molecule has 1 aliphatic carbocycles. The summed E-state index contributed by atoms with van der Waals surface area (Å²) in [7, 11) is 0. The average Bonchev–Trinajstić information content (AvgIpc) is 3.09. The summed E-state index contributed by atoms with van der Waals surface area (Å²) >= 11 is 6.03. The molecule has 30 heavy (non-hydrogen) atoms. The second kappa shape index (κ2) is 8.43. The van der Waals surface area contributed by atoms with Crippen LogP contribution in [0, 0.1) is 6.92 Å². The molecule has 0 heterocycles. The van der Waals surface area contributed by atoms with Crippen molar-refractivity contribution in [2.45, 2.75) is 13.5 Å². The van der Waals surface area contributed by atoms with Crippen molar-refractivity contribution in [2.24, 2.45) is 0 Å².